The van der Waals surface area contributed by atoms with Crippen molar-refractivity contribution in [2.45, 2.75) is 48.8 Å². The van der Waals surface area contributed by atoms with Crippen LogP contribution >= 0.6 is 0 Å². The molecule has 0 aromatic heterocycles. The second-order valence-corrected chi connectivity index (χ2v) is 10.6. The van der Waals surface area contributed by atoms with E-state index in [4.69, 9.17) is 14.2 Å². The minimum Gasteiger partial charge on any atom is -0.497 e. The van der Waals surface area contributed by atoms with Crippen molar-refractivity contribution < 1.29 is 19.3 Å². The minimum absolute atomic E-state index is 0.0553. The Labute approximate surface area is 195 Å². The molecule has 2 spiro atoms. The third-order valence-electron chi connectivity index (χ3n) is 9.87. The van der Waals surface area contributed by atoms with Gasteiger partial charge in [-0.25, -0.2) is 0 Å². The Morgan fingerprint density at radius 3 is 2.61 bits per heavy atom. The highest BCUT2D eigenvalue weighted by Gasteiger charge is 2.78. The lowest BCUT2D eigenvalue weighted by atomic mass is 9.41. The summed E-state index contributed by atoms with van der Waals surface area (Å²) in [5, 5.41) is 12.4. The number of ether oxygens (including phenoxy) is 3. The van der Waals surface area contributed by atoms with Gasteiger partial charge in [0.1, 0.15) is 5.76 Å². The van der Waals surface area contributed by atoms with Gasteiger partial charge in [0.15, 0.2) is 17.6 Å². The van der Waals surface area contributed by atoms with Crippen LogP contribution in [0.15, 0.2) is 54.3 Å². The highest BCUT2D eigenvalue weighted by molar-refractivity contribution is 5.64. The first-order valence-electron chi connectivity index (χ1n) is 12.1. The first-order chi connectivity index (χ1) is 16.0. The van der Waals surface area contributed by atoms with Gasteiger partial charge in [-0.2, -0.15) is 0 Å². The molecule has 2 aromatic carbocycles. The summed E-state index contributed by atoms with van der Waals surface area (Å²) in [6.45, 7) is 1.01. The second kappa shape index (κ2) is 6.34. The summed E-state index contributed by atoms with van der Waals surface area (Å²) in [5.74, 6) is 2.48. The molecule has 0 unspecified atom stereocenters. The van der Waals surface area contributed by atoms with E-state index in [-0.39, 0.29) is 22.9 Å². The lowest BCUT2D eigenvalue weighted by Gasteiger charge is -2.66. The van der Waals surface area contributed by atoms with Crippen molar-refractivity contribution in [2.24, 2.45) is 11.3 Å². The Kier molecular flexibility index (Phi) is 3.82. The van der Waals surface area contributed by atoms with Gasteiger partial charge in [-0.05, 0) is 62.5 Å². The highest BCUT2D eigenvalue weighted by atomic mass is 16.6. The van der Waals surface area contributed by atoms with Crippen LogP contribution in [0, 0.1) is 11.3 Å². The van der Waals surface area contributed by atoms with E-state index < -0.39 is 5.60 Å². The summed E-state index contributed by atoms with van der Waals surface area (Å²) in [5.41, 5.74) is 2.39. The summed E-state index contributed by atoms with van der Waals surface area (Å²) in [7, 11) is 5.72. The van der Waals surface area contributed by atoms with Gasteiger partial charge < -0.3 is 24.2 Å². The van der Waals surface area contributed by atoms with Crippen molar-refractivity contribution in [3.63, 3.8) is 0 Å². The van der Waals surface area contributed by atoms with E-state index in [1.165, 1.54) is 11.1 Å². The van der Waals surface area contributed by atoms with Crippen LogP contribution in [0.2, 0.25) is 0 Å². The highest BCUT2D eigenvalue weighted by Crippen LogP contribution is 2.76. The lowest BCUT2D eigenvalue weighted by Crippen LogP contribution is -2.72. The van der Waals surface area contributed by atoms with Gasteiger partial charge in [-0.3, -0.25) is 0 Å². The monoisotopic (exact) mass is 445 g/mol. The zero-order chi connectivity index (χ0) is 22.6. The molecule has 2 bridgehead atoms. The van der Waals surface area contributed by atoms with E-state index in [2.05, 4.69) is 42.3 Å². The Morgan fingerprint density at radius 2 is 1.85 bits per heavy atom. The maximum Gasteiger partial charge on any atom is 0.166 e. The molecule has 5 aliphatic rings. The normalized spacial score (nSPS) is 39.9. The van der Waals surface area contributed by atoms with Crippen LogP contribution in [0.5, 0.6) is 11.5 Å². The maximum atomic E-state index is 12.4. The average Bonchev–Trinajstić information content (AvgIpc) is 3.35. The first kappa shape index (κ1) is 19.9. The molecule has 1 N–H and O–H groups in total. The summed E-state index contributed by atoms with van der Waals surface area (Å²) < 4.78 is 18.6. The maximum absolute atomic E-state index is 12.4. The van der Waals surface area contributed by atoms with Crippen LogP contribution in [0.4, 0.5) is 0 Å². The molecule has 1 saturated heterocycles. The molecular formula is C28H31NO4. The van der Waals surface area contributed by atoms with E-state index in [9.17, 15) is 5.11 Å². The van der Waals surface area contributed by atoms with Gasteiger partial charge >= 0.3 is 0 Å². The molecule has 172 valence electrons. The number of nitrogens with zero attached hydrogens (tertiary/aromatic N) is 1. The van der Waals surface area contributed by atoms with E-state index in [0.29, 0.717) is 6.04 Å². The predicted molar refractivity (Wildman–Crippen MR) is 124 cm³/mol. The number of aliphatic hydroxyl groups is 1. The van der Waals surface area contributed by atoms with Gasteiger partial charge in [0.2, 0.25) is 0 Å². The van der Waals surface area contributed by atoms with Crippen molar-refractivity contribution in [3.8, 4) is 11.5 Å². The molecule has 2 aliphatic heterocycles. The van der Waals surface area contributed by atoms with Gasteiger partial charge in [-0.15, -0.1) is 0 Å². The molecule has 5 nitrogen and oxygen atoms in total. The molecule has 2 aromatic rings. The molecule has 2 fully saturated rings. The summed E-state index contributed by atoms with van der Waals surface area (Å²) in [6.07, 6.45) is 5.69. The zero-order valence-corrected chi connectivity index (χ0v) is 19.5. The van der Waals surface area contributed by atoms with Crippen LogP contribution in [0.1, 0.15) is 36.0 Å². The Bertz CT molecular complexity index is 1180. The van der Waals surface area contributed by atoms with Crippen molar-refractivity contribution in [3.05, 3.63) is 71.0 Å². The van der Waals surface area contributed by atoms with Gasteiger partial charge in [-0.1, -0.05) is 36.4 Å². The molecule has 33 heavy (non-hydrogen) atoms. The fourth-order valence-corrected chi connectivity index (χ4v) is 8.68. The number of piperidine rings is 1. The number of likely N-dealkylation sites (tertiary alicyclic amines) is 1. The largest absolute Gasteiger partial charge is 0.497 e. The second-order valence-electron chi connectivity index (χ2n) is 10.6. The van der Waals surface area contributed by atoms with Gasteiger partial charge in [0.25, 0.3) is 0 Å². The zero-order valence-electron chi connectivity index (χ0n) is 19.5. The van der Waals surface area contributed by atoms with E-state index >= 15 is 0 Å². The molecule has 2 heterocycles. The number of rotatable bonds is 3. The van der Waals surface area contributed by atoms with E-state index in [1.54, 1.807) is 14.2 Å². The Balaban J connectivity index is 1.55. The van der Waals surface area contributed by atoms with Crippen molar-refractivity contribution in [1.82, 2.24) is 4.90 Å². The third-order valence-corrected chi connectivity index (χ3v) is 9.87. The molecule has 6 atom stereocenters. The number of benzene rings is 2. The Hall–Kier alpha value is -2.50. The minimum atomic E-state index is -0.932. The first-order valence-corrected chi connectivity index (χ1v) is 12.1. The summed E-state index contributed by atoms with van der Waals surface area (Å²) >= 11 is 0. The molecule has 7 rings (SSSR count). The topological polar surface area (TPSA) is 51.2 Å². The summed E-state index contributed by atoms with van der Waals surface area (Å²) in [4.78, 5) is 2.54. The quantitative estimate of drug-likeness (QED) is 0.779. The standard InChI is InChI=1S/C28H31NO4/c1-29-14-13-27-23-17-9-10-19(31-2)24(23)33-25(27)20(32-3)16-21-26(27,22(29)15-17)11-12-28(21,30)18-7-5-4-6-8-18/h4-10,16,21-22,25,30H,11-15H2,1-3H3/t21-,22+,25-,26-,27-,28+/m0/s1. The van der Waals surface area contributed by atoms with Crippen LogP contribution in [-0.4, -0.2) is 50.0 Å². The van der Waals surface area contributed by atoms with Gasteiger partial charge in [0.05, 0.1) is 25.2 Å². The molecule has 0 amide bonds. The van der Waals surface area contributed by atoms with E-state index in [0.717, 1.165) is 55.0 Å². The predicted octanol–water partition coefficient (Wildman–Crippen LogP) is 3.78. The fraction of sp³-hybridized carbons (Fsp3) is 0.500. The summed E-state index contributed by atoms with van der Waals surface area (Å²) in [6, 6.07) is 14.9. The van der Waals surface area contributed by atoms with Crippen molar-refractivity contribution >= 4 is 0 Å². The third kappa shape index (κ3) is 2.04. The SMILES string of the molecule is COC1=C[C@H]2[C@@]3(CC[C@@]2(O)c2ccccc2)[C@H]2Cc4ccc(OC)c5c4[C@@]3(CCN2C)[C@H]1O5. The smallest absolute Gasteiger partial charge is 0.166 e. The molecule has 0 radical (unpaired) electrons. The number of methoxy groups -OCH3 is 2. The molecular weight excluding hydrogens is 414 g/mol. The fourth-order valence-electron chi connectivity index (χ4n) is 8.68. The number of hydrogen-bond acceptors (Lipinski definition) is 5. The number of likely N-dealkylation sites (N-methyl/N-ethyl adjacent to an activating group) is 1. The van der Waals surface area contributed by atoms with E-state index in [1.807, 2.05) is 18.2 Å². The molecule has 1 saturated carbocycles. The lowest BCUT2D eigenvalue weighted by molar-refractivity contribution is -0.141. The molecule has 3 aliphatic carbocycles. The van der Waals surface area contributed by atoms with Crippen LogP contribution in [-0.2, 0) is 22.2 Å². The van der Waals surface area contributed by atoms with Crippen LogP contribution in [0.3, 0.4) is 0 Å². The number of hydrogen-bond donors (Lipinski definition) is 1. The van der Waals surface area contributed by atoms with Crippen LogP contribution < -0.4 is 9.47 Å². The van der Waals surface area contributed by atoms with Crippen LogP contribution in [0.25, 0.3) is 0 Å². The van der Waals surface area contributed by atoms with Crippen molar-refractivity contribution in [2.75, 3.05) is 27.8 Å². The molecule has 5 heteroatoms. The Morgan fingerprint density at radius 1 is 1.03 bits per heavy atom. The average molecular weight is 446 g/mol. The van der Waals surface area contributed by atoms with Gasteiger partial charge in [0, 0.05) is 22.9 Å². The van der Waals surface area contributed by atoms with Crippen molar-refractivity contribution in [1.29, 1.82) is 0 Å².